The smallest absolute Gasteiger partial charge is 0.130 e. The van der Waals surface area contributed by atoms with Crippen LogP contribution in [0.4, 0.5) is 14.6 Å². The molecular formula is C27H25F2N3. The second-order valence-electron chi connectivity index (χ2n) is 7.87. The minimum Gasteiger partial charge on any atom is -0.360 e. The Bertz CT molecular complexity index is 1150. The number of nitrogens with one attached hydrogen (secondary N) is 1. The minimum absolute atomic E-state index is 0.196. The third-order valence-corrected chi connectivity index (χ3v) is 5.73. The van der Waals surface area contributed by atoms with E-state index in [1.54, 1.807) is 30.5 Å². The zero-order chi connectivity index (χ0) is 22.7. The van der Waals surface area contributed by atoms with E-state index in [0.717, 1.165) is 28.1 Å². The lowest BCUT2D eigenvalue weighted by Gasteiger charge is -2.28. The molecule has 0 aliphatic carbocycles. The first kappa shape index (κ1) is 21.5. The summed E-state index contributed by atoms with van der Waals surface area (Å²) >= 11 is 0. The van der Waals surface area contributed by atoms with Crippen LogP contribution in [-0.4, -0.2) is 9.88 Å². The minimum atomic E-state index is -0.281. The van der Waals surface area contributed by atoms with Crippen LogP contribution in [0.3, 0.4) is 0 Å². The van der Waals surface area contributed by atoms with E-state index in [0.29, 0.717) is 30.8 Å². The van der Waals surface area contributed by atoms with Crippen molar-refractivity contribution in [1.82, 2.24) is 9.88 Å². The highest BCUT2D eigenvalue weighted by Crippen LogP contribution is 2.45. The number of aromatic nitrogens is 1. The molecule has 1 aliphatic heterocycles. The first-order valence-corrected chi connectivity index (χ1v) is 10.5. The maximum Gasteiger partial charge on any atom is 0.130 e. The lowest BCUT2D eigenvalue weighted by atomic mass is 9.99. The first-order chi connectivity index (χ1) is 15.5. The Morgan fingerprint density at radius 3 is 2.56 bits per heavy atom. The summed E-state index contributed by atoms with van der Waals surface area (Å²) in [6, 6.07) is 15.1. The van der Waals surface area contributed by atoms with Crippen molar-refractivity contribution in [3.63, 3.8) is 0 Å². The number of pyridine rings is 1. The van der Waals surface area contributed by atoms with Gasteiger partial charge >= 0.3 is 0 Å². The third kappa shape index (κ3) is 4.47. The number of hydrogen-bond acceptors (Lipinski definition) is 3. The van der Waals surface area contributed by atoms with Gasteiger partial charge in [0.25, 0.3) is 0 Å². The van der Waals surface area contributed by atoms with E-state index in [4.69, 9.17) is 0 Å². The van der Waals surface area contributed by atoms with Crippen molar-refractivity contribution in [2.45, 2.75) is 25.4 Å². The van der Waals surface area contributed by atoms with Crippen molar-refractivity contribution in [3.05, 3.63) is 120 Å². The summed E-state index contributed by atoms with van der Waals surface area (Å²) in [6.07, 6.45) is 4.74. The number of halogens is 2. The number of anilines is 1. The average molecular weight is 430 g/mol. The summed E-state index contributed by atoms with van der Waals surface area (Å²) in [5.41, 5.74) is 4.91. The molecule has 1 aliphatic rings. The molecule has 0 amide bonds. The summed E-state index contributed by atoms with van der Waals surface area (Å²) in [4.78, 5) is 6.44. The molecule has 2 heterocycles. The number of fused-ring (bicyclic) bond motifs is 1. The fourth-order valence-electron chi connectivity index (χ4n) is 4.07. The van der Waals surface area contributed by atoms with Gasteiger partial charge in [-0.1, -0.05) is 50.1 Å². The summed E-state index contributed by atoms with van der Waals surface area (Å²) in [7, 11) is 0. The van der Waals surface area contributed by atoms with Crippen molar-refractivity contribution in [3.8, 4) is 0 Å². The van der Waals surface area contributed by atoms with Gasteiger partial charge in [0.2, 0.25) is 0 Å². The Balaban J connectivity index is 1.51. The molecule has 0 saturated heterocycles. The quantitative estimate of drug-likeness (QED) is 0.420. The molecule has 3 nitrogen and oxygen atoms in total. The molecule has 3 aromatic rings. The van der Waals surface area contributed by atoms with Crippen LogP contribution in [0.1, 0.15) is 41.1 Å². The Morgan fingerprint density at radius 2 is 1.88 bits per heavy atom. The van der Waals surface area contributed by atoms with Crippen LogP contribution in [0.5, 0.6) is 0 Å². The lowest BCUT2D eigenvalue weighted by molar-refractivity contribution is 0.288. The van der Waals surface area contributed by atoms with E-state index in [1.807, 2.05) is 18.2 Å². The lowest BCUT2D eigenvalue weighted by Crippen LogP contribution is -2.21. The van der Waals surface area contributed by atoms with Gasteiger partial charge in [0.15, 0.2) is 0 Å². The van der Waals surface area contributed by atoms with Crippen LogP contribution in [0.15, 0.2) is 86.2 Å². The monoisotopic (exact) mass is 429 g/mol. The van der Waals surface area contributed by atoms with E-state index in [2.05, 4.69) is 34.9 Å². The summed E-state index contributed by atoms with van der Waals surface area (Å²) in [5.74, 6) is 0.179. The Morgan fingerprint density at radius 1 is 1.09 bits per heavy atom. The van der Waals surface area contributed by atoms with Gasteiger partial charge in [-0.25, -0.2) is 13.8 Å². The fraction of sp³-hybridized carbons (Fsp3) is 0.148. The predicted molar refractivity (Wildman–Crippen MR) is 126 cm³/mol. The molecule has 5 heteroatoms. The summed E-state index contributed by atoms with van der Waals surface area (Å²) < 4.78 is 28.2. The van der Waals surface area contributed by atoms with E-state index >= 15 is 0 Å². The van der Waals surface area contributed by atoms with Crippen LogP contribution in [0, 0.1) is 11.6 Å². The Labute approximate surface area is 187 Å². The molecule has 0 saturated carbocycles. The van der Waals surface area contributed by atoms with Gasteiger partial charge < -0.3 is 10.2 Å². The Hall–Kier alpha value is -3.73. The van der Waals surface area contributed by atoms with Gasteiger partial charge in [0.1, 0.15) is 17.5 Å². The second-order valence-corrected chi connectivity index (χ2v) is 7.87. The standard InChI is InChI=1S/C27H25F2N3/c1-4-20-11-15-26(30-16-20)31-18(2)8-14-25-27-23(6-5-7-24(27)29)19(3)32(25)17-21-9-12-22(28)13-10-21/h4-7,9-13,15-16,25H,1-3,8,14,17H2,(H,30,31). The average Bonchev–Trinajstić information content (AvgIpc) is 3.06. The zero-order valence-corrected chi connectivity index (χ0v) is 17.8. The van der Waals surface area contributed by atoms with Crippen molar-refractivity contribution in [2.75, 3.05) is 5.32 Å². The van der Waals surface area contributed by atoms with E-state index in [1.165, 1.54) is 18.2 Å². The molecule has 1 unspecified atom stereocenters. The summed E-state index contributed by atoms with van der Waals surface area (Å²) in [5, 5.41) is 3.22. The topological polar surface area (TPSA) is 28.2 Å². The number of hydrogen-bond donors (Lipinski definition) is 1. The third-order valence-electron chi connectivity index (χ3n) is 5.73. The van der Waals surface area contributed by atoms with Crippen molar-refractivity contribution >= 4 is 17.6 Å². The van der Waals surface area contributed by atoms with Crippen LogP contribution < -0.4 is 5.32 Å². The summed E-state index contributed by atoms with van der Waals surface area (Å²) in [6.45, 7) is 12.6. The molecule has 1 aromatic heterocycles. The molecule has 162 valence electrons. The predicted octanol–water partition coefficient (Wildman–Crippen LogP) is 6.94. The van der Waals surface area contributed by atoms with Crippen molar-refractivity contribution in [2.24, 2.45) is 0 Å². The maximum atomic E-state index is 14.8. The van der Waals surface area contributed by atoms with Gasteiger partial charge in [-0.2, -0.15) is 0 Å². The largest absolute Gasteiger partial charge is 0.360 e. The van der Waals surface area contributed by atoms with E-state index in [-0.39, 0.29) is 17.7 Å². The molecular weight excluding hydrogens is 404 g/mol. The SMILES string of the molecule is C=Cc1ccc(NC(=C)CCC2c3c(F)cccc3C(=C)N2Cc2ccc(F)cc2)nc1. The molecule has 1 atom stereocenters. The van der Waals surface area contributed by atoms with Crippen LogP contribution in [0.25, 0.3) is 11.8 Å². The first-order valence-electron chi connectivity index (χ1n) is 10.5. The molecule has 0 spiro atoms. The van der Waals surface area contributed by atoms with Gasteiger partial charge in [0, 0.05) is 35.3 Å². The number of allylic oxidation sites excluding steroid dienone is 1. The van der Waals surface area contributed by atoms with Crippen molar-refractivity contribution in [1.29, 1.82) is 0 Å². The number of benzene rings is 2. The molecule has 32 heavy (non-hydrogen) atoms. The number of rotatable bonds is 8. The zero-order valence-electron chi connectivity index (χ0n) is 17.8. The molecule has 4 rings (SSSR count). The number of nitrogens with zero attached hydrogens (tertiary/aromatic N) is 2. The van der Waals surface area contributed by atoms with Gasteiger partial charge in [-0.05, 0) is 54.3 Å². The van der Waals surface area contributed by atoms with Gasteiger partial charge in [0.05, 0.1) is 6.04 Å². The van der Waals surface area contributed by atoms with Gasteiger partial charge in [-0.15, -0.1) is 0 Å². The highest BCUT2D eigenvalue weighted by Gasteiger charge is 2.34. The Kier molecular flexibility index (Phi) is 6.17. The normalized spacial score (nSPS) is 14.9. The molecule has 0 fully saturated rings. The molecule has 0 bridgehead atoms. The molecule has 1 N–H and O–H groups in total. The van der Waals surface area contributed by atoms with E-state index in [9.17, 15) is 8.78 Å². The van der Waals surface area contributed by atoms with Crippen molar-refractivity contribution < 1.29 is 8.78 Å². The van der Waals surface area contributed by atoms with Gasteiger partial charge in [-0.3, -0.25) is 0 Å². The van der Waals surface area contributed by atoms with Crippen LogP contribution >= 0.6 is 0 Å². The molecule has 2 aromatic carbocycles. The van der Waals surface area contributed by atoms with E-state index < -0.39 is 0 Å². The molecule has 0 radical (unpaired) electrons. The van der Waals surface area contributed by atoms with Crippen LogP contribution in [0.2, 0.25) is 0 Å². The maximum absolute atomic E-state index is 14.8. The highest BCUT2D eigenvalue weighted by molar-refractivity contribution is 5.71. The van der Waals surface area contributed by atoms with Crippen LogP contribution in [-0.2, 0) is 6.54 Å². The highest BCUT2D eigenvalue weighted by atomic mass is 19.1. The fourth-order valence-corrected chi connectivity index (χ4v) is 4.07. The second kappa shape index (κ2) is 9.18.